The molecule has 0 bridgehead atoms. The number of aromatic nitrogens is 2. The Morgan fingerprint density at radius 3 is 2.60 bits per heavy atom. The Balaban J connectivity index is 1.47. The molecule has 0 saturated carbocycles. The largest absolute Gasteiger partial charge is 0.423 e. The minimum Gasteiger partial charge on any atom is -0.423 e. The van der Waals surface area contributed by atoms with Crippen molar-refractivity contribution in [2.75, 3.05) is 19.4 Å². The van der Waals surface area contributed by atoms with E-state index >= 15 is 0 Å². The standard InChI is InChI=1S/C26H23FN4O4/c1-26(27)34-21-12-11-18(14-22(21)35-26)28-24(32)23-19-9-4-5-10-20(19)29-31(23)15-16-7-6-8-17(13-16)25(33)30(2)3/h4-14H,15H2,1-3H3,(H,28,32). The fourth-order valence-corrected chi connectivity index (χ4v) is 4.02. The van der Waals surface area contributed by atoms with Crippen molar-refractivity contribution in [3.63, 3.8) is 0 Å². The minimum atomic E-state index is -2.25. The van der Waals surface area contributed by atoms with Gasteiger partial charge in [-0.1, -0.05) is 30.3 Å². The quantitative estimate of drug-likeness (QED) is 0.462. The van der Waals surface area contributed by atoms with Crippen molar-refractivity contribution >= 4 is 28.4 Å². The van der Waals surface area contributed by atoms with Gasteiger partial charge in [0.2, 0.25) is 0 Å². The fraction of sp³-hybridized carbons (Fsp3) is 0.192. The van der Waals surface area contributed by atoms with E-state index in [0.29, 0.717) is 27.8 Å². The van der Waals surface area contributed by atoms with Crippen molar-refractivity contribution in [3.8, 4) is 11.5 Å². The number of hydrogen-bond acceptors (Lipinski definition) is 5. The van der Waals surface area contributed by atoms with E-state index in [2.05, 4.69) is 10.4 Å². The summed E-state index contributed by atoms with van der Waals surface area (Å²) in [7, 11) is 3.39. The Morgan fingerprint density at radius 2 is 1.80 bits per heavy atom. The maximum atomic E-state index is 14.0. The van der Waals surface area contributed by atoms with E-state index in [4.69, 9.17) is 9.47 Å². The van der Waals surface area contributed by atoms with Crippen LogP contribution >= 0.6 is 0 Å². The topological polar surface area (TPSA) is 85.7 Å². The Kier molecular flexibility index (Phi) is 5.39. The number of nitrogens with one attached hydrogen (secondary N) is 1. The summed E-state index contributed by atoms with van der Waals surface area (Å²) in [6.07, 6.45) is 0. The molecule has 0 radical (unpaired) electrons. The van der Waals surface area contributed by atoms with E-state index in [1.54, 1.807) is 49.1 Å². The van der Waals surface area contributed by atoms with Gasteiger partial charge in [-0.15, -0.1) is 0 Å². The second-order valence-corrected chi connectivity index (χ2v) is 8.58. The van der Waals surface area contributed by atoms with Crippen LogP contribution in [-0.2, 0) is 6.54 Å². The van der Waals surface area contributed by atoms with Gasteiger partial charge in [0.1, 0.15) is 5.69 Å². The molecule has 4 aromatic rings. The highest BCUT2D eigenvalue weighted by molar-refractivity contribution is 6.11. The predicted octanol–water partition coefficient (Wildman–Crippen LogP) is 4.45. The molecule has 1 aromatic heterocycles. The summed E-state index contributed by atoms with van der Waals surface area (Å²) in [5.41, 5.74) is 2.82. The van der Waals surface area contributed by atoms with Crippen LogP contribution in [0.5, 0.6) is 11.5 Å². The molecule has 1 unspecified atom stereocenters. The highest BCUT2D eigenvalue weighted by Crippen LogP contribution is 2.41. The van der Waals surface area contributed by atoms with Crippen LogP contribution in [0.1, 0.15) is 33.3 Å². The number of rotatable bonds is 5. The monoisotopic (exact) mass is 474 g/mol. The van der Waals surface area contributed by atoms with Crippen LogP contribution in [-0.4, -0.2) is 46.6 Å². The van der Waals surface area contributed by atoms with Gasteiger partial charge in [-0.3, -0.25) is 14.3 Å². The molecule has 9 heteroatoms. The van der Waals surface area contributed by atoms with Gasteiger partial charge in [0.15, 0.2) is 11.5 Å². The number of halogens is 1. The highest BCUT2D eigenvalue weighted by atomic mass is 19.2. The maximum absolute atomic E-state index is 14.0. The number of benzene rings is 3. The van der Waals surface area contributed by atoms with Crippen molar-refractivity contribution in [2.45, 2.75) is 19.5 Å². The van der Waals surface area contributed by atoms with Gasteiger partial charge in [0.05, 0.1) is 12.1 Å². The summed E-state index contributed by atoms with van der Waals surface area (Å²) in [5.74, 6) is -0.0343. The van der Waals surface area contributed by atoms with Crippen LogP contribution < -0.4 is 14.8 Å². The minimum absolute atomic E-state index is 0.109. The zero-order valence-electron chi connectivity index (χ0n) is 19.4. The van der Waals surface area contributed by atoms with Crippen molar-refractivity contribution in [2.24, 2.45) is 0 Å². The number of amides is 2. The number of carbonyl (C=O) groups excluding carboxylic acids is 2. The highest BCUT2D eigenvalue weighted by Gasteiger charge is 2.37. The summed E-state index contributed by atoms with van der Waals surface area (Å²) in [6.45, 7) is 1.45. The first-order chi connectivity index (χ1) is 16.7. The molecular formula is C26H23FN4O4. The Bertz CT molecular complexity index is 1460. The fourth-order valence-electron chi connectivity index (χ4n) is 4.02. The molecule has 178 valence electrons. The zero-order valence-corrected chi connectivity index (χ0v) is 19.4. The lowest BCUT2D eigenvalue weighted by molar-refractivity contribution is -0.173. The third-order valence-electron chi connectivity index (χ3n) is 5.56. The summed E-state index contributed by atoms with van der Waals surface area (Å²) in [4.78, 5) is 27.3. The van der Waals surface area contributed by atoms with Gasteiger partial charge < -0.3 is 19.7 Å². The van der Waals surface area contributed by atoms with Gasteiger partial charge >= 0.3 is 6.04 Å². The molecule has 1 atom stereocenters. The molecule has 1 aliphatic heterocycles. The zero-order chi connectivity index (χ0) is 24.7. The van der Waals surface area contributed by atoms with Crippen LogP contribution in [0.15, 0.2) is 66.7 Å². The van der Waals surface area contributed by atoms with Crippen LogP contribution in [0.3, 0.4) is 0 Å². The van der Waals surface area contributed by atoms with Crippen molar-refractivity contribution in [3.05, 3.63) is 83.6 Å². The molecule has 1 aliphatic rings. The molecule has 5 rings (SSSR count). The predicted molar refractivity (Wildman–Crippen MR) is 128 cm³/mol. The third kappa shape index (κ3) is 4.40. The van der Waals surface area contributed by atoms with Crippen molar-refractivity contribution in [1.82, 2.24) is 14.7 Å². The molecule has 0 aliphatic carbocycles. The van der Waals surface area contributed by atoms with Crippen molar-refractivity contribution < 1.29 is 23.5 Å². The number of hydrogen-bond donors (Lipinski definition) is 1. The molecular weight excluding hydrogens is 451 g/mol. The van der Waals surface area contributed by atoms with E-state index in [9.17, 15) is 14.0 Å². The molecule has 0 fully saturated rings. The molecule has 3 aromatic carbocycles. The molecule has 2 amide bonds. The Hall–Kier alpha value is -4.40. The van der Waals surface area contributed by atoms with Gasteiger partial charge in [-0.2, -0.15) is 9.49 Å². The third-order valence-corrected chi connectivity index (χ3v) is 5.56. The summed E-state index contributed by atoms with van der Waals surface area (Å²) in [6, 6.07) is 17.0. The second kappa shape index (κ2) is 8.43. The van der Waals surface area contributed by atoms with E-state index < -0.39 is 6.04 Å². The lowest BCUT2D eigenvalue weighted by atomic mass is 10.1. The van der Waals surface area contributed by atoms with Gasteiger partial charge in [0.25, 0.3) is 11.8 Å². The van der Waals surface area contributed by atoms with Crippen LogP contribution in [0.2, 0.25) is 0 Å². The SMILES string of the molecule is CN(C)C(=O)c1cccc(Cn2nc3ccccc3c2C(=O)Nc2ccc3c(c2)OC(C)(F)O3)c1. The molecule has 2 heterocycles. The lowest BCUT2D eigenvalue weighted by Gasteiger charge is -2.12. The lowest BCUT2D eigenvalue weighted by Crippen LogP contribution is -2.27. The summed E-state index contributed by atoms with van der Waals surface area (Å²) >= 11 is 0. The Morgan fingerprint density at radius 1 is 1.03 bits per heavy atom. The van der Waals surface area contributed by atoms with E-state index in [0.717, 1.165) is 12.5 Å². The normalized spacial score (nSPS) is 16.3. The average Bonchev–Trinajstić information content (AvgIpc) is 3.33. The number of alkyl halides is 1. The van der Waals surface area contributed by atoms with E-state index in [-0.39, 0.29) is 29.9 Å². The van der Waals surface area contributed by atoms with Crippen molar-refractivity contribution in [1.29, 1.82) is 0 Å². The number of ether oxygens (including phenoxy) is 2. The first kappa shape index (κ1) is 22.4. The smallest absolute Gasteiger partial charge is 0.404 e. The Labute approximate surface area is 200 Å². The molecule has 0 saturated heterocycles. The number of carbonyl (C=O) groups is 2. The van der Waals surface area contributed by atoms with E-state index in [1.165, 1.54) is 11.0 Å². The van der Waals surface area contributed by atoms with Gasteiger partial charge in [-0.25, -0.2) is 0 Å². The molecule has 35 heavy (non-hydrogen) atoms. The van der Waals surface area contributed by atoms with Crippen LogP contribution in [0.4, 0.5) is 10.1 Å². The van der Waals surface area contributed by atoms with Gasteiger partial charge in [-0.05, 0) is 35.9 Å². The van der Waals surface area contributed by atoms with E-state index in [1.807, 2.05) is 30.3 Å². The summed E-state index contributed by atoms with van der Waals surface area (Å²) in [5, 5.41) is 8.15. The van der Waals surface area contributed by atoms with Crippen LogP contribution in [0, 0.1) is 0 Å². The first-order valence-corrected chi connectivity index (χ1v) is 11.0. The summed E-state index contributed by atoms with van der Waals surface area (Å²) < 4.78 is 25.8. The number of nitrogens with zero attached hydrogens (tertiary/aromatic N) is 3. The molecule has 8 nitrogen and oxygen atoms in total. The molecule has 1 N–H and O–H groups in total. The number of anilines is 1. The molecule has 0 spiro atoms. The number of fused-ring (bicyclic) bond motifs is 2. The maximum Gasteiger partial charge on any atom is 0.404 e. The van der Waals surface area contributed by atoms with Gasteiger partial charge in [0, 0.05) is 43.7 Å². The van der Waals surface area contributed by atoms with Crippen LogP contribution in [0.25, 0.3) is 10.9 Å². The second-order valence-electron chi connectivity index (χ2n) is 8.58. The average molecular weight is 474 g/mol. The first-order valence-electron chi connectivity index (χ1n) is 11.0.